The highest BCUT2D eigenvalue weighted by atomic mass is 35.5. The number of fused-ring (bicyclic) bond motifs is 1. The third kappa shape index (κ3) is 4.59. The summed E-state index contributed by atoms with van der Waals surface area (Å²) in [5.41, 5.74) is 3.29. The van der Waals surface area contributed by atoms with Gasteiger partial charge in [0.25, 0.3) is 0 Å². The van der Waals surface area contributed by atoms with E-state index in [1.165, 1.54) is 0 Å². The molecule has 1 aromatic heterocycles. The first-order valence-corrected chi connectivity index (χ1v) is 11.1. The molecule has 1 fully saturated rings. The van der Waals surface area contributed by atoms with Crippen molar-refractivity contribution in [2.24, 2.45) is 5.92 Å². The monoisotopic (exact) mass is 454 g/mol. The molecule has 4 rings (SSSR count). The van der Waals surface area contributed by atoms with Crippen LogP contribution in [0, 0.1) is 5.92 Å². The first-order chi connectivity index (χ1) is 15.3. The zero-order valence-corrected chi connectivity index (χ0v) is 18.9. The maximum atomic E-state index is 12.3. The number of carbonyl (C=O) groups is 2. The van der Waals surface area contributed by atoms with Crippen molar-refractivity contribution in [3.05, 3.63) is 59.2 Å². The molecule has 168 valence electrons. The van der Waals surface area contributed by atoms with E-state index in [1.54, 1.807) is 6.20 Å². The van der Waals surface area contributed by atoms with Crippen molar-refractivity contribution in [1.29, 1.82) is 0 Å². The number of carbonyl (C=O) groups excluding carboxylic acids is 1. The number of halogens is 1. The van der Waals surface area contributed by atoms with Crippen LogP contribution in [0.2, 0.25) is 5.02 Å². The Labute approximate surface area is 192 Å². The summed E-state index contributed by atoms with van der Waals surface area (Å²) in [4.78, 5) is 31.8. The summed E-state index contributed by atoms with van der Waals surface area (Å²) in [6.45, 7) is 6.36. The zero-order chi connectivity index (χ0) is 22.8. The molecule has 0 spiro atoms. The Morgan fingerprint density at radius 2 is 1.75 bits per heavy atom. The molecule has 2 heterocycles. The zero-order valence-electron chi connectivity index (χ0n) is 18.1. The van der Waals surface area contributed by atoms with Crippen molar-refractivity contribution < 1.29 is 14.7 Å². The molecule has 1 aliphatic heterocycles. The number of aromatic nitrogens is 1. The molecule has 0 radical (unpaired) electrons. The molecule has 0 aliphatic carbocycles. The fourth-order valence-corrected chi connectivity index (χ4v) is 4.23. The SMILES string of the molecule is CC(C)C(=O)Nc1ccc2[nH]cc([C@@H](C(=O)O)N3CCN(c4ccc(Cl)cc4)CC3)c2c1. The summed E-state index contributed by atoms with van der Waals surface area (Å²) in [6, 6.07) is 12.5. The number of amides is 1. The van der Waals surface area contributed by atoms with Crippen molar-refractivity contribution >= 4 is 45.8 Å². The number of piperazine rings is 1. The molecule has 8 heteroatoms. The number of hydrogen-bond acceptors (Lipinski definition) is 4. The Morgan fingerprint density at radius 1 is 1.06 bits per heavy atom. The van der Waals surface area contributed by atoms with E-state index in [2.05, 4.69) is 15.2 Å². The number of rotatable bonds is 6. The third-order valence-corrected chi connectivity index (χ3v) is 6.16. The Kier molecular flexibility index (Phi) is 6.39. The molecule has 0 unspecified atom stereocenters. The van der Waals surface area contributed by atoms with Crippen LogP contribution in [0.25, 0.3) is 10.9 Å². The second-order valence-corrected chi connectivity index (χ2v) is 8.82. The van der Waals surface area contributed by atoms with Gasteiger partial charge in [0.1, 0.15) is 6.04 Å². The maximum Gasteiger partial charge on any atom is 0.325 e. The fourth-order valence-electron chi connectivity index (χ4n) is 4.11. The first kappa shape index (κ1) is 22.2. The molecule has 1 atom stereocenters. The summed E-state index contributed by atoms with van der Waals surface area (Å²) in [6.07, 6.45) is 1.77. The Balaban J connectivity index is 1.56. The number of carboxylic acid groups (broad SMARTS) is 1. The van der Waals surface area contributed by atoms with E-state index < -0.39 is 12.0 Å². The lowest BCUT2D eigenvalue weighted by molar-refractivity contribution is -0.143. The van der Waals surface area contributed by atoms with Gasteiger partial charge in [-0.3, -0.25) is 14.5 Å². The van der Waals surface area contributed by atoms with Crippen LogP contribution in [0.1, 0.15) is 25.5 Å². The van der Waals surface area contributed by atoms with Gasteiger partial charge in [0, 0.05) is 71.2 Å². The molecule has 0 bridgehead atoms. The summed E-state index contributed by atoms with van der Waals surface area (Å²) >= 11 is 5.99. The second kappa shape index (κ2) is 9.22. The van der Waals surface area contributed by atoms with Gasteiger partial charge in [-0.05, 0) is 42.5 Å². The largest absolute Gasteiger partial charge is 0.480 e. The van der Waals surface area contributed by atoms with Crippen molar-refractivity contribution in [2.45, 2.75) is 19.9 Å². The van der Waals surface area contributed by atoms with Crippen LogP contribution in [-0.4, -0.2) is 53.0 Å². The number of benzene rings is 2. The normalized spacial score (nSPS) is 15.8. The summed E-state index contributed by atoms with van der Waals surface area (Å²) < 4.78 is 0. The number of hydrogen-bond donors (Lipinski definition) is 3. The minimum atomic E-state index is -0.887. The first-order valence-electron chi connectivity index (χ1n) is 10.7. The van der Waals surface area contributed by atoms with Gasteiger partial charge in [-0.25, -0.2) is 0 Å². The Morgan fingerprint density at radius 3 is 2.38 bits per heavy atom. The molecule has 3 aromatic rings. The van der Waals surface area contributed by atoms with Gasteiger partial charge in [0.05, 0.1) is 0 Å². The van der Waals surface area contributed by atoms with Crippen molar-refractivity contribution in [1.82, 2.24) is 9.88 Å². The van der Waals surface area contributed by atoms with Gasteiger partial charge in [-0.15, -0.1) is 0 Å². The molecule has 7 nitrogen and oxygen atoms in total. The third-order valence-electron chi connectivity index (χ3n) is 5.91. The highest BCUT2D eigenvalue weighted by molar-refractivity contribution is 6.30. The molecule has 3 N–H and O–H groups in total. The quantitative estimate of drug-likeness (QED) is 0.515. The lowest BCUT2D eigenvalue weighted by atomic mass is 10.0. The number of anilines is 2. The van der Waals surface area contributed by atoms with E-state index in [0.717, 1.165) is 29.7 Å². The van der Waals surface area contributed by atoms with Crippen LogP contribution in [0.4, 0.5) is 11.4 Å². The van der Waals surface area contributed by atoms with E-state index in [-0.39, 0.29) is 11.8 Å². The highest BCUT2D eigenvalue weighted by Gasteiger charge is 2.32. The van der Waals surface area contributed by atoms with Crippen LogP contribution >= 0.6 is 11.6 Å². The minimum Gasteiger partial charge on any atom is -0.480 e. The predicted octanol–water partition coefficient (Wildman–Crippen LogP) is 4.36. The van der Waals surface area contributed by atoms with E-state index in [0.29, 0.717) is 29.4 Å². The molecule has 1 aliphatic rings. The lowest BCUT2D eigenvalue weighted by Crippen LogP contribution is -2.49. The van der Waals surface area contributed by atoms with Crippen LogP contribution in [0.15, 0.2) is 48.7 Å². The van der Waals surface area contributed by atoms with E-state index >= 15 is 0 Å². The van der Waals surface area contributed by atoms with Crippen LogP contribution < -0.4 is 10.2 Å². The van der Waals surface area contributed by atoms with Gasteiger partial charge in [0.2, 0.25) is 5.91 Å². The average Bonchev–Trinajstić information content (AvgIpc) is 3.17. The molecule has 2 aromatic carbocycles. The maximum absolute atomic E-state index is 12.3. The van der Waals surface area contributed by atoms with Gasteiger partial charge < -0.3 is 20.3 Å². The summed E-state index contributed by atoms with van der Waals surface area (Å²) in [5.74, 6) is -1.10. The van der Waals surface area contributed by atoms with Crippen LogP contribution in [-0.2, 0) is 9.59 Å². The van der Waals surface area contributed by atoms with E-state index in [9.17, 15) is 14.7 Å². The van der Waals surface area contributed by atoms with Crippen LogP contribution in [0.3, 0.4) is 0 Å². The number of nitrogens with one attached hydrogen (secondary N) is 2. The number of aromatic amines is 1. The second-order valence-electron chi connectivity index (χ2n) is 8.39. The molecular formula is C24H27ClN4O3. The van der Waals surface area contributed by atoms with E-state index in [4.69, 9.17) is 11.6 Å². The predicted molar refractivity (Wildman–Crippen MR) is 127 cm³/mol. The molecule has 1 amide bonds. The highest BCUT2D eigenvalue weighted by Crippen LogP contribution is 2.32. The Bertz CT molecular complexity index is 1120. The smallest absolute Gasteiger partial charge is 0.325 e. The van der Waals surface area contributed by atoms with Crippen molar-refractivity contribution in [2.75, 3.05) is 36.4 Å². The minimum absolute atomic E-state index is 0.0745. The molecular weight excluding hydrogens is 428 g/mol. The summed E-state index contributed by atoms with van der Waals surface area (Å²) in [7, 11) is 0. The fraction of sp³-hybridized carbons (Fsp3) is 0.333. The lowest BCUT2D eigenvalue weighted by Gasteiger charge is -2.38. The van der Waals surface area contributed by atoms with Gasteiger partial charge in [-0.2, -0.15) is 0 Å². The summed E-state index contributed by atoms with van der Waals surface area (Å²) in [5, 5.41) is 14.5. The van der Waals surface area contributed by atoms with Crippen molar-refractivity contribution in [3.8, 4) is 0 Å². The number of aliphatic carboxylic acids is 1. The average molecular weight is 455 g/mol. The molecule has 1 saturated heterocycles. The number of carboxylic acids is 1. The van der Waals surface area contributed by atoms with Gasteiger partial charge in [-0.1, -0.05) is 25.4 Å². The Hall–Kier alpha value is -3.03. The topological polar surface area (TPSA) is 88.7 Å². The standard InChI is InChI=1S/C24H27ClN4O3/c1-15(2)23(30)27-17-5-8-21-19(13-17)20(14-26-21)22(24(31)32)29-11-9-28(10-12-29)18-6-3-16(25)4-7-18/h3-8,13-15,22,26H,9-12H2,1-2H3,(H,27,30)(H,31,32)/t22-/m0/s1. The molecule has 0 saturated carbocycles. The van der Waals surface area contributed by atoms with Gasteiger partial charge in [0.15, 0.2) is 0 Å². The van der Waals surface area contributed by atoms with E-state index in [1.807, 2.05) is 61.2 Å². The number of H-pyrrole nitrogens is 1. The van der Waals surface area contributed by atoms with Crippen LogP contribution in [0.5, 0.6) is 0 Å². The number of nitrogens with zero attached hydrogens (tertiary/aromatic N) is 2. The van der Waals surface area contributed by atoms with Crippen molar-refractivity contribution in [3.63, 3.8) is 0 Å². The molecule has 32 heavy (non-hydrogen) atoms. The van der Waals surface area contributed by atoms with Gasteiger partial charge >= 0.3 is 5.97 Å².